The van der Waals surface area contributed by atoms with Crippen LogP contribution in [-0.2, 0) is 28.6 Å². The van der Waals surface area contributed by atoms with Crippen LogP contribution >= 0.6 is 0 Å². The molecule has 1 N–H and O–H groups in total. The van der Waals surface area contributed by atoms with Gasteiger partial charge in [0.15, 0.2) is 0 Å². The van der Waals surface area contributed by atoms with Crippen LogP contribution in [0.3, 0.4) is 0 Å². The number of hydrogen-bond donors (Lipinski definition) is 1. The summed E-state index contributed by atoms with van der Waals surface area (Å²) in [6.45, 7) is 16.4. The molecule has 0 spiro atoms. The van der Waals surface area contributed by atoms with E-state index < -0.39 is 46.7 Å². The minimum atomic E-state index is -1.35. The molecular formula is C26H38O7. The maximum absolute atomic E-state index is 12.3. The van der Waals surface area contributed by atoms with Crippen LogP contribution in [0.25, 0.3) is 0 Å². The fourth-order valence-corrected chi connectivity index (χ4v) is 6.75. The summed E-state index contributed by atoms with van der Waals surface area (Å²) in [4.78, 5) is 36.1. The number of aliphatic hydroxyl groups is 1. The van der Waals surface area contributed by atoms with Crippen molar-refractivity contribution in [2.45, 2.75) is 104 Å². The van der Waals surface area contributed by atoms with E-state index in [1.165, 1.54) is 20.8 Å². The Labute approximate surface area is 196 Å². The third-order valence-corrected chi connectivity index (χ3v) is 8.02. The molecule has 3 aliphatic rings. The predicted octanol–water partition coefficient (Wildman–Crippen LogP) is 4.03. The van der Waals surface area contributed by atoms with Crippen molar-refractivity contribution in [1.29, 1.82) is 0 Å². The van der Waals surface area contributed by atoms with E-state index in [0.717, 1.165) is 11.1 Å². The zero-order valence-corrected chi connectivity index (χ0v) is 20.9. The molecule has 0 heterocycles. The molecule has 0 radical (unpaired) electrons. The third kappa shape index (κ3) is 4.25. The van der Waals surface area contributed by atoms with Crippen molar-refractivity contribution in [1.82, 2.24) is 0 Å². The number of esters is 3. The van der Waals surface area contributed by atoms with E-state index >= 15 is 0 Å². The van der Waals surface area contributed by atoms with Crippen LogP contribution in [-0.4, -0.2) is 46.9 Å². The van der Waals surface area contributed by atoms with Gasteiger partial charge < -0.3 is 19.3 Å². The molecule has 2 saturated carbocycles. The second-order valence-electron chi connectivity index (χ2n) is 10.9. The monoisotopic (exact) mass is 462 g/mol. The molecule has 0 aromatic rings. The molecule has 3 rings (SSSR count). The second kappa shape index (κ2) is 8.57. The quantitative estimate of drug-likeness (QED) is 0.383. The molecule has 0 aromatic heterocycles. The van der Waals surface area contributed by atoms with Crippen molar-refractivity contribution in [3.63, 3.8) is 0 Å². The first-order valence-corrected chi connectivity index (χ1v) is 11.8. The molecule has 0 aromatic carbocycles. The zero-order chi connectivity index (χ0) is 24.9. The van der Waals surface area contributed by atoms with E-state index in [4.69, 9.17) is 14.2 Å². The number of fused-ring (bicyclic) bond motifs is 2. The lowest BCUT2D eigenvalue weighted by Gasteiger charge is -2.54. The highest BCUT2D eigenvalue weighted by Gasteiger charge is 2.65. The van der Waals surface area contributed by atoms with Crippen molar-refractivity contribution in [3.8, 4) is 0 Å². The lowest BCUT2D eigenvalue weighted by Crippen LogP contribution is -2.59. The average molecular weight is 463 g/mol. The first-order chi connectivity index (χ1) is 15.1. The molecule has 0 aliphatic heterocycles. The van der Waals surface area contributed by atoms with Crippen LogP contribution in [0, 0.1) is 16.7 Å². The molecule has 7 nitrogen and oxygen atoms in total. The average Bonchev–Trinajstić information content (AvgIpc) is 2.89. The van der Waals surface area contributed by atoms with Crippen LogP contribution in [0.5, 0.6) is 0 Å². The van der Waals surface area contributed by atoms with Gasteiger partial charge in [-0.05, 0) is 53.7 Å². The van der Waals surface area contributed by atoms with Crippen LogP contribution in [0.2, 0.25) is 0 Å². The fraction of sp³-hybridized carbons (Fsp3) is 0.731. The summed E-state index contributed by atoms with van der Waals surface area (Å²) in [5, 5.41) is 12.3. The number of carbonyl (C=O) groups is 3. The summed E-state index contributed by atoms with van der Waals surface area (Å²) in [5.41, 5.74) is -0.315. The van der Waals surface area contributed by atoms with E-state index in [0.29, 0.717) is 31.3 Å². The SMILES string of the molecule is C=C1CC[C@@H](OC(C)=O)[C@@]2(C)C[C@@H](OC(C)=O)C3=C(C(C)C)[C@@H](OC(C)=O)C[C@]3(C)C[C@]12O. The Morgan fingerprint density at radius 2 is 1.52 bits per heavy atom. The lowest BCUT2D eigenvalue weighted by atomic mass is 9.56. The Kier molecular flexibility index (Phi) is 6.61. The Morgan fingerprint density at radius 1 is 0.970 bits per heavy atom. The molecule has 6 atom stereocenters. The van der Waals surface area contributed by atoms with Gasteiger partial charge in [-0.25, -0.2) is 0 Å². The van der Waals surface area contributed by atoms with E-state index in [9.17, 15) is 19.5 Å². The molecule has 0 unspecified atom stereocenters. The zero-order valence-electron chi connectivity index (χ0n) is 20.9. The lowest BCUT2D eigenvalue weighted by molar-refractivity contribution is -0.185. The number of rotatable bonds is 4. The Balaban J connectivity index is 2.25. The maximum atomic E-state index is 12.3. The first-order valence-electron chi connectivity index (χ1n) is 11.8. The molecule has 0 bridgehead atoms. The van der Waals surface area contributed by atoms with Crippen LogP contribution in [0.1, 0.15) is 80.6 Å². The summed E-state index contributed by atoms with van der Waals surface area (Å²) in [6.07, 6.45) is 0.509. The number of carbonyl (C=O) groups excluding carboxylic acids is 3. The summed E-state index contributed by atoms with van der Waals surface area (Å²) in [5.74, 6) is -1.17. The van der Waals surface area contributed by atoms with Crippen LogP contribution < -0.4 is 0 Å². The van der Waals surface area contributed by atoms with Gasteiger partial charge in [0.1, 0.15) is 18.3 Å². The number of hydrogen-bond acceptors (Lipinski definition) is 7. The first kappa shape index (κ1) is 25.5. The fourth-order valence-electron chi connectivity index (χ4n) is 6.75. The largest absolute Gasteiger partial charge is 0.462 e. The van der Waals surface area contributed by atoms with Gasteiger partial charge in [0.25, 0.3) is 0 Å². The molecular weight excluding hydrogens is 424 g/mol. The Hall–Kier alpha value is -2.15. The van der Waals surface area contributed by atoms with E-state index in [1.54, 1.807) is 0 Å². The van der Waals surface area contributed by atoms with Gasteiger partial charge in [0.05, 0.1) is 5.60 Å². The van der Waals surface area contributed by atoms with Crippen molar-refractivity contribution in [2.24, 2.45) is 16.7 Å². The van der Waals surface area contributed by atoms with Gasteiger partial charge in [-0.3, -0.25) is 14.4 Å². The Bertz CT molecular complexity index is 902. The third-order valence-electron chi connectivity index (χ3n) is 8.02. The van der Waals surface area contributed by atoms with Crippen molar-refractivity contribution < 1.29 is 33.7 Å². The molecule has 33 heavy (non-hydrogen) atoms. The summed E-state index contributed by atoms with van der Waals surface area (Å²) < 4.78 is 17.4. The molecule has 0 saturated heterocycles. The molecule has 7 heteroatoms. The van der Waals surface area contributed by atoms with E-state index in [-0.39, 0.29) is 18.3 Å². The van der Waals surface area contributed by atoms with Crippen molar-refractivity contribution in [3.05, 3.63) is 23.3 Å². The van der Waals surface area contributed by atoms with Gasteiger partial charge in [-0.1, -0.05) is 34.3 Å². The second-order valence-corrected chi connectivity index (χ2v) is 10.9. The predicted molar refractivity (Wildman–Crippen MR) is 122 cm³/mol. The van der Waals surface area contributed by atoms with Crippen molar-refractivity contribution in [2.75, 3.05) is 0 Å². The van der Waals surface area contributed by atoms with Crippen LogP contribution in [0.15, 0.2) is 23.3 Å². The van der Waals surface area contributed by atoms with E-state index in [1.807, 2.05) is 27.7 Å². The number of ether oxygens (including phenoxy) is 3. The smallest absolute Gasteiger partial charge is 0.303 e. The highest BCUT2D eigenvalue weighted by molar-refractivity contribution is 5.68. The maximum Gasteiger partial charge on any atom is 0.303 e. The summed E-state index contributed by atoms with van der Waals surface area (Å²) in [6, 6.07) is 0. The van der Waals surface area contributed by atoms with Crippen molar-refractivity contribution >= 4 is 17.9 Å². The van der Waals surface area contributed by atoms with Gasteiger partial charge >= 0.3 is 17.9 Å². The van der Waals surface area contributed by atoms with Gasteiger partial charge in [0.2, 0.25) is 0 Å². The summed E-state index contributed by atoms with van der Waals surface area (Å²) in [7, 11) is 0. The van der Waals surface area contributed by atoms with Gasteiger partial charge in [0, 0.05) is 32.6 Å². The highest BCUT2D eigenvalue weighted by atomic mass is 16.6. The van der Waals surface area contributed by atoms with Crippen LogP contribution in [0.4, 0.5) is 0 Å². The topological polar surface area (TPSA) is 99.1 Å². The summed E-state index contributed by atoms with van der Waals surface area (Å²) >= 11 is 0. The minimum Gasteiger partial charge on any atom is -0.462 e. The molecule has 0 amide bonds. The molecule has 2 fully saturated rings. The Morgan fingerprint density at radius 3 is 2.03 bits per heavy atom. The standard InChI is InChI=1S/C26H38O7/c1-14(2)22-19(31-16(4)27)11-24(7)13-26(30)15(3)9-10-21(33-18(6)29)25(26,8)12-20(23(22)24)32-17(5)28/h14,19-21,30H,3,9-13H2,1-2,4-8H3/t19-,20+,21+,24+,25+,26-/m0/s1. The molecule has 3 aliphatic carbocycles. The normalized spacial score (nSPS) is 38.3. The highest BCUT2D eigenvalue weighted by Crippen LogP contribution is 2.64. The van der Waals surface area contributed by atoms with E-state index in [2.05, 4.69) is 6.58 Å². The van der Waals surface area contributed by atoms with Gasteiger partial charge in [-0.15, -0.1) is 0 Å². The van der Waals surface area contributed by atoms with Gasteiger partial charge in [-0.2, -0.15) is 0 Å². The molecule has 184 valence electrons. The minimum absolute atomic E-state index is 0.0410.